The molecule has 1 rings (SSSR count). The Morgan fingerprint density at radius 3 is 2.47 bits per heavy atom. The van der Waals surface area contributed by atoms with Gasteiger partial charge in [0, 0.05) is 13.0 Å². The summed E-state index contributed by atoms with van der Waals surface area (Å²) in [5.41, 5.74) is 0. The van der Waals surface area contributed by atoms with Crippen LogP contribution in [0, 0.1) is 0 Å². The highest BCUT2D eigenvalue weighted by molar-refractivity contribution is 5.84. The van der Waals surface area contributed by atoms with Crippen molar-refractivity contribution in [1.82, 2.24) is 15.5 Å². The minimum atomic E-state index is -5.91. The van der Waals surface area contributed by atoms with Crippen LogP contribution in [0.1, 0.15) is 5.82 Å². The van der Waals surface area contributed by atoms with Crippen molar-refractivity contribution in [2.24, 2.45) is 0 Å². The zero-order chi connectivity index (χ0) is 13.1. The summed E-state index contributed by atoms with van der Waals surface area (Å²) in [5.74, 6) is -7.74. The van der Waals surface area contributed by atoms with E-state index < -0.39 is 24.6 Å². The van der Waals surface area contributed by atoms with E-state index in [9.17, 15) is 26.7 Å². The van der Waals surface area contributed by atoms with Crippen molar-refractivity contribution in [2.45, 2.75) is 18.5 Å². The normalized spacial score (nSPS) is 12.5. The molecule has 1 amide bonds. The molecule has 0 aliphatic carbocycles. The lowest BCUT2D eigenvalue weighted by atomic mass is 10.3. The third-order valence-electron chi connectivity index (χ3n) is 1.68. The SMILES string of the molecule is O=C(NCCc1ncon1)C(F)(F)C(F)(F)F. The Labute approximate surface area is 91.0 Å². The van der Waals surface area contributed by atoms with Crippen molar-refractivity contribution in [2.75, 3.05) is 6.54 Å². The number of hydrogen-bond donors (Lipinski definition) is 1. The molecule has 0 aliphatic rings. The van der Waals surface area contributed by atoms with E-state index >= 15 is 0 Å². The van der Waals surface area contributed by atoms with Gasteiger partial charge in [-0.1, -0.05) is 5.16 Å². The highest BCUT2D eigenvalue weighted by atomic mass is 19.4. The summed E-state index contributed by atoms with van der Waals surface area (Å²) in [6, 6.07) is 0. The van der Waals surface area contributed by atoms with Crippen LogP contribution in [-0.4, -0.2) is 34.7 Å². The first-order valence-corrected chi connectivity index (χ1v) is 4.23. The maximum atomic E-state index is 12.4. The van der Waals surface area contributed by atoms with Gasteiger partial charge in [0.15, 0.2) is 5.82 Å². The standard InChI is InChI=1S/C7H6F5N3O2/c8-6(9,7(10,11)12)5(16)13-2-1-4-14-3-17-15-4/h3H,1-2H2,(H,13,16). The average Bonchev–Trinajstić information content (AvgIpc) is 2.68. The summed E-state index contributed by atoms with van der Waals surface area (Å²) < 4.78 is 64.3. The Hall–Kier alpha value is -1.74. The number of nitrogens with one attached hydrogen (secondary N) is 1. The van der Waals surface area contributed by atoms with Crippen LogP contribution in [-0.2, 0) is 11.2 Å². The Kier molecular flexibility index (Phi) is 3.63. The van der Waals surface area contributed by atoms with Gasteiger partial charge in [0.2, 0.25) is 6.39 Å². The number of alkyl halides is 5. The number of rotatable bonds is 4. The number of hydrogen-bond acceptors (Lipinski definition) is 4. The van der Waals surface area contributed by atoms with Crippen molar-refractivity contribution in [1.29, 1.82) is 0 Å². The molecule has 10 heteroatoms. The number of carbonyl (C=O) groups is 1. The van der Waals surface area contributed by atoms with Gasteiger partial charge in [-0.05, 0) is 0 Å². The number of carbonyl (C=O) groups excluding carboxylic acids is 1. The molecule has 0 aromatic carbocycles. The molecule has 1 aromatic rings. The first-order valence-electron chi connectivity index (χ1n) is 4.23. The summed E-state index contributed by atoms with van der Waals surface area (Å²) in [5, 5.41) is 4.71. The molecule has 1 N–H and O–H groups in total. The second-order valence-electron chi connectivity index (χ2n) is 2.93. The van der Waals surface area contributed by atoms with Crippen LogP contribution in [0.4, 0.5) is 22.0 Å². The number of halogens is 5. The van der Waals surface area contributed by atoms with E-state index in [0.717, 1.165) is 6.39 Å². The van der Waals surface area contributed by atoms with Crippen molar-refractivity contribution in [3.8, 4) is 0 Å². The van der Waals surface area contributed by atoms with Gasteiger partial charge in [-0.3, -0.25) is 4.79 Å². The molecule has 96 valence electrons. The molecular weight excluding hydrogens is 253 g/mol. The monoisotopic (exact) mass is 259 g/mol. The number of nitrogens with zero attached hydrogens (tertiary/aromatic N) is 2. The molecule has 0 fully saturated rings. The van der Waals surface area contributed by atoms with Crippen LogP contribution in [0.3, 0.4) is 0 Å². The molecule has 5 nitrogen and oxygen atoms in total. The third-order valence-corrected chi connectivity index (χ3v) is 1.68. The fourth-order valence-electron chi connectivity index (χ4n) is 0.830. The van der Waals surface area contributed by atoms with E-state index in [1.54, 1.807) is 0 Å². The van der Waals surface area contributed by atoms with Gasteiger partial charge in [0.1, 0.15) is 0 Å². The summed E-state index contributed by atoms with van der Waals surface area (Å²) in [7, 11) is 0. The van der Waals surface area contributed by atoms with Crippen LogP contribution >= 0.6 is 0 Å². The van der Waals surface area contributed by atoms with E-state index in [4.69, 9.17) is 0 Å². The van der Waals surface area contributed by atoms with Gasteiger partial charge >= 0.3 is 12.1 Å². The maximum absolute atomic E-state index is 12.4. The minimum Gasteiger partial charge on any atom is -0.350 e. The topological polar surface area (TPSA) is 68.0 Å². The molecule has 0 spiro atoms. The molecule has 17 heavy (non-hydrogen) atoms. The van der Waals surface area contributed by atoms with Crippen LogP contribution < -0.4 is 5.32 Å². The summed E-state index contributed by atoms with van der Waals surface area (Å²) >= 11 is 0. The summed E-state index contributed by atoms with van der Waals surface area (Å²) in [4.78, 5) is 14.1. The fraction of sp³-hybridized carbons (Fsp3) is 0.571. The Morgan fingerprint density at radius 2 is 2.00 bits per heavy atom. The lowest BCUT2D eigenvalue weighted by molar-refractivity contribution is -0.269. The molecule has 1 heterocycles. The third kappa shape index (κ3) is 3.11. The van der Waals surface area contributed by atoms with Crippen LogP contribution in [0.25, 0.3) is 0 Å². The first-order chi connectivity index (χ1) is 7.75. The highest BCUT2D eigenvalue weighted by Gasteiger charge is 2.63. The Balaban J connectivity index is 2.45. The largest absolute Gasteiger partial charge is 0.463 e. The zero-order valence-electron chi connectivity index (χ0n) is 8.09. The molecule has 0 atom stereocenters. The molecule has 0 saturated heterocycles. The van der Waals surface area contributed by atoms with E-state index in [1.807, 2.05) is 0 Å². The maximum Gasteiger partial charge on any atom is 0.463 e. The lowest BCUT2D eigenvalue weighted by Crippen LogP contribution is -2.50. The molecule has 1 aromatic heterocycles. The summed E-state index contributed by atoms with van der Waals surface area (Å²) in [6.07, 6.45) is -5.07. The minimum absolute atomic E-state index is 0.0839. The highest BCUT2D eigenvalue weighted by Crippen LogP contribution is 2.35. The molecule has 0 unspecified atom stereocenters. The van der Waals surface area contributed by atoms with Crippen molar-refractivity contribution in [3.05, 3.63) is 12.2 Å². The van der Waals surface area contributed by atoms with Gasteiger partial charge in [0.25, 0.3) is 5.91 Å². The van der Waals surface area contributed by atoms with Gasteiger partial charge in [-0.2, -0.15) is 26.9 Å². The molecular formula is C7H6F5N3O2. The smallest absolute Gasteiger partial charge is 0.350 e. The number of aromatic nitrogens is 2. The first kappa shape index (κ1) is 13.3. The summed E-state index contributed by atoms with van der Waals surface area (Å²) in [6.45, 7) is -0.454. The van der Waals surface area contributed by atoms with E-state index in [1.165, 1.54) is 5.32 Å². The second kappa shape index (κ2) is 4.63. The quantitative estimate of drug-likeness (QED) is 0.816. The molecule has 0 radical (unpaired) electrons. The van der Waals surface area contributed by atoms with Crippen molar-refractivity contribution in [3.63, 3.8) is 0 Å². The molecule has 0 aliphatic heterocycles. The molecule has 0 saturated carbocycles. The average molecular weight is 259 g/mol. The van der Waals surface area contributed by atoms with E-state index in [-0.39, 0.29) is 12.2 Å². The second-order valence-corrected chi connectivity index (χ2v) is 2.93. The van der Waals surface area contributed by atoms with Crippen molar-refractivity contribution < 1.29 is 31.3 Å². The number of amides is 1. The predicted octanol–water partition coefficient (Wildman–Crippen LogP) is 0.926. The Bertz CT molecular complexity index is 375. The van der Waals surface area contributed by atoms with Crippen LogP contribution in [0.5, 0.6) is 0 Å². The lowest BCUT2D eigenvalue weighted by Gasteiger charge is -2.18. The van der Waals surface area contributed by atoms with E-state index in [0.29, 0.717) is 0 Å². The Morgan fingerprint density at radius 1 is 1.35 bits per heavy atom. The van der Waals surface area contributed by atoms with Gasteiger partial charge in [0.05, 0.1) is 0 Å². The van der Waals surface area contributed by atoms with E-state index in [2.05, 4.69) is 14.7 Å². The van der Waals surface area contributed by atoms with Gasteiger partial charge in [-0.15, -0.1) is 0 Å². The predicted molar refractivity (Wildman–Crippen MR) is 42.0 cm³/mol. The van der Waals surface area contributed by atoms with Crippen LogP contribution in [0.15, 0.2) is 10.9 Å². The zero-order valence-corrected chi connectivity index (χ0v) is 8.09. The fourth-order valence-corrected chi connectivity index (χ4v) is 0.830. The van der Waals surface area contributed by atoms with Crippen molar-refractivity contribution >= 4 is 5.91 Å². The van der Waals surface area contributed by atoms with Crippen LogP contribution in [0.2, 0.25) is 0 Å². The van der Waals surface area contributed by atoms with Gasteiger partial charge in [-0.25, -0.2) is 0 Å². The van der Waals surface area contributed by atoms with Gasteiger partial charge < -0.3 is 9.84 Å². The molecule has 0 bridgehead atoms.